The van der Waals surface area contributed by atoms with Gasteiger partial charge in [0, 0.05) is 27.9 Å². The van der Waals surface area contributed by atoms with Crippen molar-refractivity contribution in [3.8, 4) is 22.8 Å². The highest BCUT2D eigenvalue weighted by Gasteiger charge is 2.11. The summed E-state index contributed by atoms with van der Waals surface area (Å²) < 4.78 is 11.7. The van der Waals surface area contributed by atoms with Crippen molar-refractivity contribution in [1.29, 1.82) is 0 Å². The van der Waals surface area contributed by atoms with Crippen LogP contribution in [0.15, 0.2) is 87.7 Å². The number of hydrogen-bond acceptors (Lipinski definition) is 4. The zero-order valence-electron chi connectivity index (χ0n) is 18.6. The van der Waals surface area contributed by atoms with Crippen molar-refractivity contribution in [3.63, 3.8) is 0 Å². The fourth-order valence-corrected chi connectivity index (χ4v) is 3.80. The van der Waals surface area contributed by atoms with Crippen LogP contribution in [0.1, 0.15) is 16.9 Å². The highest BCUT2D eigenvalue weighted by molar-refractivity contribution is 6.31. The maximum Gasteiger partial charge on any atom is 0.248 e. The number of carbonyl (C=O) groups is 1. The van der Waals surface area contributed by atoms with Crippen LogP contribution in [0.3, 0.4) is 0 Å². The Labute approximate surface area is 201 Å². The van der Waals surface area contributed by atoms with Gasteiger partial charge in [-0.05, 0) is 73.5 Å². The summed E-state index contributed by atoms with van der Waals surface area (Å²) in [4.78, 5) is 17.0. The van der Waals surface area contributed by atoms with E-state index in [1.54, 1.807) is 30.3 Å². The highest BCUT2D eigenvalue weighted by atomic mass is 35.5. The summed E-state index contributed by atoms with van der Waals surface area (Å²) in [5.41, 5.74) is 5.87. The summed E-state index contributed by atoms with van der Waals surface area (Å²) in [6.45, 7) is 3.96. The van der Waals surface area contributed by atoms with Crippen molar-refractivity contribution in [2.75, 3.05) is 5.32 Å². The first-order valence-corrected chi connectivity index (χ1v) is 11.2. The molecule has 0 aliphatic rings. The third kappa shape index (κ3) is 4.51. The monoisotopic (exact) mass is 468 g/mol. The van der Waals surface area contributed by atoms with Gasteiger partial charge >= 0.3 is 0 Å². The van der Waals surface area contributed by atoms with E-state index in [1.165, 1.54) is 6.08 Å². The van der Waals surface area contributed by atoms with Crippen LogP contribution < -0.4 is 5.32 Å². The van der Waals surface area contributed by atoms with E-state index < -0.39 is 0 Å². The lowest BCUT2D eigenvalue weighted by atomic mass is 10.1. The van der Waals surface area contributed by atoms with Crippen molar-refractivity contribution in [1.82, 2.24) is 4.98 Å². The van der Waals surface area contributed by atoms with Gasteiger partial charge in [-0.15, -0.1) is 0 Å². The maximum absolute atomic E-state index is 12.5. The van der Waals surface area contributed by atoms with Crippen LogP contribution >= 0.6 is 11.6 Å². The van der Waals surface area contributed by atoms with E-state index in [9.17, 15) is 4.79 Å². The predicted octanol–water partition coefficient (Wildman–Crippen LogP) is 7.68. The van der Waals surface area contributed by atoms with E-state index >= 15 is 0 Å². The molecular formula is C28H21ClN2O3. The normalized spacial score (nSPS) is 11.4. The first-order valence-electron chi connectivity index (χ1n) is 10.8. The second-order valence-electron chi connectivity index (χ2n) is 8.01. The fourth-order valence-electron chi connectivity index (χ4n) is 3.62. The maximum atomic E-state index is 12.5. The molecule has 0 aliphatic heterocycles. The van der Waals surface area contributed by atoms with E-state index in [4.69, 9.17) is 20.4 Å². The molecule has 0 spiro atoms. The SMILES string of the molecule is Cc1ccc(-c2ccc(/C=C/C(=O)Nc3ccc4oc(-c5ccccc5C)nc4c3)o2)cc1Cl. The minimum Gasteiger partial charge on any atom is -0.457 e. The molecule has 34 heavy (non-hydrogen) atoms. The molecule has 3 aromatic carbocycles. The number of fused-ring (bicyclic) bond motifs is 1. The zero-order chi connectivity index (χ0) is 23.7. The summed E-state index contributed by atoms with van der Waals surface area (Å²) in [5.74, 6) is 1.53. The minimum absolute atomic E-state index is 0.279. The highest BCUT2D eigenvalue weighted by Crippen LogP contribution is 2.29. The van der Waals surface area contributed by atoms with E-state index in [0.717, 1.165) is 22.3 Å². The molecule has 0 radical (unpaired) electrons. The molecule has 0 bridgehead atoms. The van der Waals surface area contributed by atoms with Crippen LogP contribution in [-0.2, 0) is 4.79 Å². The van der Waals surface area contributed by atoms with Crippen molar-refractivity contribution in [2.24, 2.45) is 0 Å². The molecule has 1 amide bonds. The summed E-state index contributed by atoms with van der Waals surface area (Å²) in [6, 6.07) is 22.7. The molecule has 0 fully saturated rings. The summed E-state index contributed by atoms with van der Waals surface area (Å²) in [6.07, 6.45) is 3.05. The number of carbonyl (C=O) groups excluding carboxylic acids is 1. The van der Waals surface area contributed by atoms with Gasteiger partial charge in [0.25, 0.3) is 0 Å². The van der Waals surface area contributed by atoms with Crippen molar-refractivity contribution < 1.29 is 13.6 Å². The largest absolute Gasteiger partial charge is 0.457 e. The van der Waals surface area contributed by atoms with Crippen LogP contribution in [0.2, 0.25) is 5.02 Å². The van der Waals surface area contributed by atoms with E-state index in [0.29, 0.717) is 39.2 Å². The molecule has 5 aromatic rings. The second kappa shape index (κ2) is 9.04. The Hall–Kier alpha value is -4.09. The smallest absolute Gasteiger partial charge is 0.248 e. The van der Waals surface area contributed by atoms with Crippen molar-refractivity contribution >= 4 is 40.4 Å². The first kappa shape index (κ1) is 21.7. The third-order valence-corrected chi connectivity index (χ3v) is 5.92. The van der Waals surface area contributed by atoms with Crippen molar-refractivity contribution in [3.05, 3.63) is 101 Å². The third-order valence-electron chi connectivity index (χ3n) is 5.51. The molecule has 2 heterocycles. The van der Waals surface area contributed by atoms with Gasteiger partial charge in [0.2, 0.25) is 11.8 Å². The number of furan rings is 1. The number of oxazole rings is 1. The Morgan fingerprint density at radius 2 is 1.79 bits per heavy atom. The van der Waals surface area contributed by atoms with Crippen LogP contribution in [-0.4, -0.2) is 10.9 Å². The van der Waals surface area contributed by atoms with Crippen LogP contribution in [0.4, 0.5) is 5.69 Å². The number of benzene rings is 3. The van der Waals surface area contributed by atoms with Gasteiger partial charge < -0.3 is 14.2 Å². The number of halogens is 1. The van der Waals surface area contributed by atoms with Gasteiger partial charge in [0.15, 0.2) is 5.58 Å². The van der Waals surface area contributed by atoms with E-state index in [1.807, 2.05) is 62.4 Å². The summed E-state index contributed by atoms with van der Waals surface area (Å²) in [5, 5.41) is 3.53. The Morgan fingerprint density at radius 1 is 0.941 bits per heavy atom. The van der Waals surface area contributed by atoms with Gasteiger partial charge in [-0.1, -0.05) is 41.9 Å². The molecule has 168 valence electrons. The van der Waals surface area contributed by atoms with Gasteiger partial charge in [0.05, 0.1) is 0 Å². The molecule has 1 N–H and O–H groups in total. The summed E-state index contributed by atoms with van der Waals surface area (Å²) in [7, 11) is 0. The number of rotatable bonds is 5. The number of aromatic nitrogens is 1. The summed E-state index contributed by atoms with van der Waals surface area (Å²) >= 11 is 6.21. The lowest BCUT2D eigenvalue weighted by Crippen LogP contribution is -2.07. The van der Waals surface area contributed by atoms with Crippen molar-refractivity contribution in [2.45, 2.75) is 13.8 Å². The quantitative estimate of drug-likeness (QED) is 0.268. The number of anilines is 1. The van der Waals surface area contributed by atoms with Crippen LogP contribution in [0.5, 0.6) is 0 Å². The molecule has 0 atom stereocenters. The van der Waals surface area contributed by atoms with E-state index in [-0.39, 0.29) is 5.91 Å². The average molecular weight is 469 g/mol. The van der Waals surface area contributed by atoms with Crippen LogP contribution in [0.25, 0.3) is 40.0 Å². The molecule has 2 aromatic heterocycles. The second-order valence-corrected chi connectivity index (χ2v) is 8.41. The molecule has 0 unspecified atom stereocenters. The van der Waals surface area contributed by atoms with Gasteiger partial charge in [-0.25, -0.2) is 4.98 Å². The number of amides is 1. The molecule has 6 heteroatoms. The Morgan fingerprint density at radius 3 is 2.62 bits per heavy atom. The molecule has 0 aliphatic carbocycles. The van der Waals surface area contributed by atoms with E-state index in [2.05, 4.69) is 10.3 Å². The first-order chi connectivity index (χ1) is 16.5. The predicted molar refractivity (Wildman–Crippen MR) is 136 cm³/mol. The number of nitrogens with one attached hydrogen (secondary N) is 1. The Bertz CT molecular complexity index is 1540. The van der Waals surface area contributed by atoms with Gasteiger partial charge in [-0.3, -0.25) is 4.79 Å². The Kier molecular flexibility index (Phi) is 5.78. The van der Waals surface area contributed by atoms with Gasteiger partial charge in [-0.2, -0.15) is 0 Å². The standard InChI is InChI=1S/C28H21ClN2O3/c1-17-5-3-4-6-22(17)28-31-24-16-20(9-12-26(24)34-28)30-27(32)14-11-21-10-13-25(33-21)19-8-7-18(2)23(29)15-19/h3-16H,1-2H3,(H,30,32)/b14-11+. The molecule has 0 saturated heterocycles. The minimum atomic E-state index is -0.279. The molecule has 5 nitrogen and oxygen atoms in total. The zero-order valence-corrected chi connectivity index (χ0v) is 19.4. The number of aryl methyl sites for hydroxylation is 2. The number of nitrogens with zero attached hydrogens (tertiary/aromatic N) is 1. The molecule has 0 saturated carbocycles. The fraction of sp³-hybridized carbons (Fsp3) is 0.0714. The average Bonchev–Trinajstić information content (AvgIpc) is 3.47. The number of hydrogen-bond donors (Lipinski definition) is 1. The molecule has 5 rings (SSSR count). The van der Waals surface area contributed by atoms with Crippen LogP contribution in [0, 0.1) is 13.8 Å². The lowest BCUT2D eigenvalue weighted by Gasteiger charge is -2.01. The molecular weight excluding hydrogens is 448 g/mol. The lowest BCUT2D eigenvalue weighted by molar-refractivity contribution is -0.111. The Balaban J connectivity index is 1.29. The topological polar surface area (TPSA) is 68.3 Å². The van der Waals surface area contributed by atoms with Gasteiger partial charge in [0.1, 0.15) is 17.0 Å².